The predicted molar refractivity (Wildman–Crippen MR) is 115 cm³/mol. The lowest BCUT2D eigenvalue weighted by Gasteiger charge is -2.31. The smallest absolute Gasteiger partial charge is 0.264 e. The van der Waals surface area contributed by atoms with Gasteiger partial charge in [-0.15, -0.1) is 0 Å². The Labute approximate surface area is 170 Å². The van der Waals surface area contributed by atoms with Crippen LogP contribution in [0.2, 0.25) is 0 Å². The number of imidazole rings is 1. The van der Waals surface area contributed by atoms with E-state index in [1.807, 2.05) is 44.2 Å². The summed E-state index contributed by atoms with van der Waals surface area (Å²) in [4.78, 5) is 45.9. The number of carbonyl (C=O) groups is 2. The van der Waals surface area contributed by atoms with E-state index in [4.69, 9.17) is 0 Å². The summed E-state index contributed by atoms with van der Waals surface area (Å²) in [7, 11) is 0. The van der Waals surface area contributed by atoms with Crippen LogP contribution in [0, 0.1) is 0 Å². The topological polar surface area (TPSA) is 71.8 Å². The van der Waals surface area contributed by atoms with Crippen molar-refractivity contribution < 1.29 is 9.59 Å². The van der Waals surface area contributed by atoms with Crippen LogP contribution in [0.3, 0.4) is 0 Å². The Hall–Kier alpha value is -3.80. The number of imide groups is 1. The number of pyridine rings is 1. The Morgan fingerprint density at radius 2 is 1.53 bits per heavy atom. The molecule has 6 nitrogen and oxygen atoms in total. The van der Waals surface area contributed by atoms with Gasteiger partial charge in [-0.05, 0) is 49.7 Å². The van der Waals surface area contributed by atoms with Gasteiger partial charge in [0.1, 0.15) is 5.65 Å². The largest absolute Gasteiger partial charge is 0.272 e. The number of rotatable bonds is 2. The van der Waals surface area contributed by atoms with Crippen LogP contribution in [0.25, 0.3) is 38.2 Å². The van der Waals surface area contributed by atoms with Crippen molar-refractivity contribution in [1.82, 2.24) is 14.3 Å². The number of carbonyl (C=O) groups excluding carboxylic acids is 2. The van der Waals surface area contributed by atoms with E-state index in [-0.39, 0.29) is 23.4 Å². The molecule has 0 fully saturated rings. The summed E-state index contributed by atoms with van der Waals surface area (Å²) in [6, 6.07) is 14.3. The van der Waals surface area contributed by atoms with Gasteiger partial charge in [0, 0.05) is 38.7 Å². The number of hydrogen-bond acceptors (Lipinski definition) is 4. The second-order valence-electron chi connectivity index (χ2n) is 7.87. The number of fused-ring (bicyclic) bond motifs is 4. The van der Waals surface area contributed by atoms with Crippen LogP contribution in [0.5, 0.6) is 0 Å². The van der Waals surface area contributed by atoms with Crippen LogP contribution >= 0.6 is 0 Å². The van der Waals surface area contributed by atoms with E-state index in [2.05, 4.69) is 4.98 Å². The lowest BCUT2D eigenvalue weighted by atomic mass is 9.89. The molecule has 0 saturated heterocycles. The zero-order valence-electron chi connectivity index (χ0n) is 16.5. The number of amides is 2. The third kappa shape index (κ3) is 1.88. The molecule has 0 aliphatic carbocycles. The Balaban J connectivity index is 1.82. The maximum absolute atomic E-state index is 13.4. The van der Waals surface area contributed by atoms with Gasteiger partial charge < -0.3 is 0 Å². The number of nitrogens with zero attached hydrogens (tertiary/aromatic N) is 3. The molecule has 5 aromatic rings. The van der Waals surface area contributed by atoms with Crippen molar-refractivity contribution in [1.29, 1.82) is 0 Å². The number of hydrogen-bond donors (Lipinski definition) is 0. The molecule has 6 heteroatoms. The van der Waals surface area contributed by atoms with Crippen LogP contribution in [-0.4, -0.2) is 32.1 Å². The molecule has 1 unspecified atom stereocenters. The second-order valence-corrected chi connectivity index (χ2v) is 7.87. The molecule has 2 aromatic heterocycles. The van der Waals surface area contributed by atoms with Gasteiger partial charge in [-0.2, -0.15) is 0 Å². The third-order valence-corrected chi connectivity index (χ3v) is 6.33. The van der Waals surface area contributed by atoms with Gasteiger partial charge >= 0.3 is 0 Å². The van der Waals surface area contributed by atoms with E-state index in [1.54, 1.807) is 22.6 Å². The predicted octanol–water partition coefficient (Wildman–Crippen LogP) is 3.99. The highest BCUT2D eigenvalue weighted by Crippen LogP contribution is 2.37. The Kier molecular flexibility index (Phi) is 3.21. The summed E-state index contributed by atoms with van der Waals surface area (Å²) in [6.07, 6.45) is 0.675. The molecular weight excluding hydrogens is 378 g/mol. The zero-order chi connectivity index (χ0) is 20.7. The molecule has 0 saturated carbocycles. The third-order valence-electron chi connectivity index (χ3n) is 6.33. The minimum absolute atomic E-state index is 0.195. The quantitative estimate of drug-likeness (QED) is 0.424. The van der Waals surface area contributed by atoms with Crippen LogP contribution in [0.4, 0.5) is 0 Å². The SMILES string of the molecule is CCC(C)N1C(=O)c2ccc3c(=O)n4c5ccccc5nc4c4ccc(c2c34)C1=O. The minimum atomic E-state index is -0.308. The van der Waals surface area contributed by atoms with Crippen LogP contribution < -0.4 is 5.56 Å². The van der Waals surface area contributed by atoms with Crippen molar-refractivity contribution >= 4 is 50.0 Å². The first-order valence-electron chi connectivity index (χ1n) is 10.0. The molecule has 3 aromatic carbocycles. The van der Waals surface area contributed by atoms with E-state index in [0.717, 1.165) is 16.4 Å². The maximum atomic E-state index is 13.4. The van der Waals surface area contributed by atoms with Crippen molar-refractivity contribution in [3.63, 3.8) is 0 Å². The van der Waals surface area contributed by atoms with Crippen molar-refractivity contribution in [3.05, 3.63) is 70.0 Å². The molecule has 0 bridgehead atoms. The van der Waals surface area contributed by atoms with Gasteiger partial charge in [0.15, 0.2) is 0 Å². The summed E-state index contributed by atoms with van der Waals surface area (Å²) < 4.78 is 1.62. The van der Waals surface area contributed by atoms with Crippen molar-refractivity contribution in [3.8, 4) is 0 Å². The van der Waals surface area contributed by atoms with E-state index < -0.39 is 0 Å². The molecule has 30 heavy (non-hydrogen) atoms. The zero-order valence-corrected chi connectivity index (χ0v) is 16.5. The average Bonchev–Trinajstić information content (AvgIpc) is 3.15. The van der Waals surface area contributed by atoms with Crippen molar-refractivity contribution in [2.75, 3.05) is 0 Å². The Morgan fingerprint density at radius 1 is 0.867 bits per heavy atom. The van der Waals surface area contributed by atoms with E-state index in [0.29, 0.717) is 39.4 Å². The van der Waals surface area contributed by atoms with E-state index >= 15 is 0 Å². The van der Waals surface area contributed by atoms with Crippen molar-refractivity contribution in [2.45, 2.75) is 26.3 Å². The average molecular weight is 395 g/mol. The monoisotopic (exact) mass is 395 g/mol. The molecule has 6 rings (SSSR count). The lowest BCUT2D eigenvalue weighted by molar-refractivity contribution is 0.0548. The molecule has 1 atom stereocenters. The Morgan fingerprint density at radius 3 is 2.23 bits per heavy atom. The number of aromatic nitrogens is 2. The first-order valence-corrected chi connectivity index (χ1v) is 10.0. The molecule has 0 radical (unpaired) electrons. The van der Waals surface area contributed by atoms with E-state index in [9.17, 15) is 14.4 Å². The summed E-state index contributed by atoms with van der Waals surface area (Å²) >= 11 is 0. The maximum Gasteiger partial charge on any atom is 0.264 e. The standard InChI is InChI=1S/C24H17N3O3/c1-3-12(2)26-22(28)15-9-8-13-19-14(10-11-16(20(15)19)23(26)29)24(30)27-18-7-5-4-6-17(18)25-21(13)27/h4-12H,3H2,1-2H3. The molecule has 146 valence electrons. The molecule has 0 N–H and O–H groups in total. The van der Waals surface area contributed by atoms with Gasteiger partial charge in [-0.3, -0.25) is 23.7 Å². The minimum Gasteiger partial charge on any atom is -0.272 e. The first-order chi connectivity index (χ1) is 14.5. The fraction of sp³-hybridized carbons (Fsp3) is 0.167. The molecule has 1 aliphatic rings. The van der Waals surface area contributed by atoms with Gasteiger partial charge in [0.25, 0.3) is 17.4 Å². The highest BCUT2D eigenvalue weighted by atomic mass is 16.2. The van der Waals surface area contributed by atoms with Crippen LogP contribution in [-0.2, 0) is 0 Å². The molecule has 1 aliphatic heterocycles. The summed E-state index contributed by atoms with van der Waals surface area (Å²) in [6.45, 7) is 3.82. The second kappa shape index (κ2) is 5.63. The van der Waals surface area contributed by atoms with Crippen LogP contribution in [0.1, 0.15) is 41.0 Å². The van der Waals surface area contributed by atoms with Gasteiger partial charge in [0.2, 0.25) is 0 Å². The highest BCUT2D eigenvalue weighted by molar-refractivity contribution is 6.31. The molecular formula is C24H17N3O3. The molecule has 0 spiro atoms. The lowest BCUT2D eigenvalue weighted by Crippen LogP contribution is -2.45. The summed E-state index contributed by atoms with van der Waals surface area (Å²) in [5.74, 6) is -0.617. The molecule has 2 amide bonds. The van der Waals surface area contributed by atoms with Gasteiger partial charge in [0.05, 0.1) is 11.0 Å². The van der Waals surface area contributed by atoms with Gasteiger partial charge in [-0.25, -0.2) is 4.98 Å². The van der Waals surface area contributed by atoms with Crippen LogP contribution in [0.15, 0.2) is 53.3 Å². The van der Waals surface area contributed by atoms with E-state index in [1.165, 1.54) is 4.90 Å². The molecule has 3 heterocycles. The number of para-hydroxylation sites is 2. The number of benzene rings is 3. The fourth-order valence-electron chi connectivity index (χ4n) is 4.68. The first kappa shape index (κ1) is 17.1. The van der Waals surface area contributed by atoms with Crippen molar-refractivity contribution in [2.24, 2.45) is 0 Å². The van der Waals surface area contributed by atoms with Gasteiger partial charge in [-0.1, -0.05) is 19.1 Å². The summed E-state index contributed by atoms with van der Waals surface area (Å²) in [5, 5.41) is 2.45. The summed E-state index contributed by atoms with van der Waals surface area (Å²) in [5.41, 5.74) is 2.74. The fourth-order valence-corrected chi connectivity index (χ4v) is 4.68. The highest BCUT2D eigenvalue weighted by Gasteiger charge is 2.36. The normalized spacial score (nSPS) is 15.2. The Bertz CT molecular complexity index is 1590.